The zero-order valence-corrected chi connectivity index (χ0v) is 12.7. The van der Waals surface area contributed by atoms with E-state index >= 15 is 0 Å². The summed E-state index contributed by atoms with van der Waals surface area (Å²) in [6, 6.07) is 18.5. The third-order valence-electron chi connectivity index (χ3n) is 3.95. The Morgan fingerprint density at radius 1 is 0.957 bits per heavy atom. The molecule has 3 heterocycles. The monoisotopic (exact) mass is 299 g/mol. The number of aromatic amines is 1. The minimum atomic E-state index is 0.954. The maximum atomic E-state index is 4.44. The van der Waals surface area contributed by atoms with Crippen LogP contribution in [-0.4, -0.2) is 16.4 Å². The van der Waals surface area contributed by atoms with E-state index in [0.29, 0.717) is 0 Å². The Hall–Kier alpha value is -3.07. The number of aromatic nitrogens is 1. The molecular weight excluding hydrogens is 282 g/mol. The lowest BCUT2D eigenvalue weighted by Gasteiger charge is -2.11. The van der Waals surface area contributed by atoms with E-state index in [4.69, 9.17) is 0 Å². The topological polar surface area (TPSA) is 31.4 Å². The van der Waals surface area contributed by atoms with E-state index in [1.165, 1.54) is 21.8 Å². The second-order valence-corrected chi connectivity index (χ2v) is 5.49. The molecule has 0 radical (unpaired) electrons. The molecule has 3 nitrogen and oxygen atoms in total. The zero-order valence-electron chi connectivity index (χ0n) is 12.7. The largest absolute Gasteiger partial charge is 0.361 e. The number of hydrogen-bond donors (Lipinski definition) is 1. The molecule has 0 spiro atoms. The van der Waals surface area contributed by atoms with Crippen LogP contribution in [-0.2, 0) is 0 Å². The van der Waals surface area contributed by atoms with Crippen molar-refractivity contribution in [3.8, 4) is 0 Å². The standard InChI is InChI=1S/C12H10N2.C8H7N/c1-2-6-12-10(4-1)9-14-7-3-5-11(14)8-13-12;1-2-4-8-7(3-1)5-6-9-8/h1-6,8-9H,7H2;1-6,9H. The Bertz CT molecular complexity index is 978. The Balaban J connectivity index is 0.000000130. The number of rotatable bonds is 0. The average molecular weight is 299 g/mol. The van der Waals surface area contributed by atoms with Crippen LogP contribution in [0.2, 0.25) is 0 Å². The highest BCUT2D eigenvalue weighted by Gasteiger charge is 2.09. The smallest absolute Gasteiger partial charge is 0.0717 e. The van der Waals surface area contributed by atoms with E-state index < -0.39 is 0 Å². The summed E-state index contributed by atoms with van der Waals surface area (Å²) in [4.78, 5) is 9.77. The van der Waals surface area contributed by atoms with Gasteiger partial charge in [-0.1, -0.05) is 42.5 Å². The molecule has 3 aromatic rings. The van der Waals surface area contributed by atoms with Gasteiger partial charge in [-0.25, -0.2) is 0 Å². The number of benzene rings is 2. The molecule has 0 saturated carbocycles. The fraction of sp³-hybridized carbons (Fsp3) is 0.0500. The molecule has 0 saturated heterocycles. The van der Waals surface area contributed by atoms with Gasteiger partial charge < -0.3 is 9.88 Å². The summed E-state index contributed by atoms with van der Waals surface area (Å²) < 4.78 is 0. The normalized spacial score (nSPS) is 14.6. The first kappa shape index (κ1) is 13.6. The predicted molar refractivity (Wildman–Crippen MR) is 93.9 cm³/mol. The Labute approximate surface area is 134 Å². The van der Waals surface area contributed by atoms with Crippen LogP contribution in [0.1, 0.15) is 0 Å². The van der Waals surface area contributed by atoms with Gasteiger partial charge in [0, 0.05) is 29.7 Å². The highest BCUT2D eigenvalue weighted by molar-refractivity contribution is 5.78. The second kappa shape index (κ2) is 5.97. The van der Waals surface area contributed by atoms with Crippen molar-refractivity contribution >= 4 is 17.1 Å². The van der Waals surface area contributed by atoms with Gasteiger partial charge in [0.05, 0.1) is 17.3 Å². The number of hydrogen-bond acceptors (Lipinski definition) is 2. The third-order valence-corrected chi connectivity index (χ3v) is 3.95. The molecule has 2 aromatic carbocycles. The van der Waals surface area contributed by atoms with Crippen LogP contribution in [0.4, 0.5) is 0 Å². The fourth-order valence-corrected chi connectivity index (χ4v) is 2.75. The van der Waals surface area contributed by atoms with Crippen molar-refractivity contribution in [2.75, 3.05) is 6.54 Å². The lowest BCUT2D eigenvalue weighted by atomic mass is 10.3. The van der Waals surface area contributed by atoms with Crippen molar-refractivity contribution in [1.29, 1.82) is 0 Å². The minimum Gasteiger partial charge on any atom is -0.361 e. The van der Waals surface area contributed by atoms with Crippen molar-refractivity contribution < 1.29 is 0 Å². The quantitative estimate of drug-likeness (QED) is 0.680. The number of para-hydroxylation sites is 2. The van der Waals surface area contributed by atoms with E-state index in [9.17, 15) is 0 Å². The summed E-state index contributed by atoms with van der Waals surface area (Å²) >= 11 is 0. The summed E-state index contributed by atoms with van der Waals surface area (Å²) in [7, 11) is 0. The van der Waals surface area contributed by atoms with E-state index in [1.807, 2.05) is 42.7 Å². The molecule has 0 atom stereocenters. The molecule has 0 amide bonds. The molecule has 2 aliphatic rings. The van der Waals surface area contributed by atoms with Gasteiger partial charge >= 0.3 is 0 Å². The number of H-pyrrole nitrogens is 1. The molecule has 3 heteroatoms. The molecule has 1 N–H and O–H groups in total. The van der Waals surface area contributed by atoms with Crippen LogP contribution in [0.5, 0.6) is 0 Å². The molecule has 1 aromatic heterocycles. The van der Waals surface area contributed by atoms with Gasteiger partial charge in [-0.3, -0.25) is 4.99 Å². The zero-order chi connectivity index (χ0) is 15.5. The molecule has 0 aliphatic carbocycles. The van der Waals surface area contributed by atoms with Crippen molar-refractivity contribution in [1.82, 2.24) is 9.88 Å². The molecular formula is C20H17N3. The van der Waals surface area contributed by atoms with Gasteiger partial charge in [0.1, 0.15) is 0 Å². The van der Waals surface area contributed by atoms with Crippen LogP contribution in [0, 0.1) is 0 Å². The molecule has 0 fully saturated rings. The number of fused-ring (bicyclic) bond motifs is 3. The second-order valence-electron chi connectivity index (χ2n) is 5.49. The summed E-state index contributed by atoms with van der Waals surface area (Å²) in [5.74, 6) is 0. The average Bonchev–Trinajstić information content (AvgIpc) is 3.21. The van der Waals surface area contributed by atoms with Gasteiger partial charge in [0.15, 0.2) is 0 Å². The van der Waals surface area contributed by atoms with Crippen molar-refractivity contribution in [2.24, 2.45) is 4.99 Å². The summed E-state index contributed by atoms with van der Waals surface area (Å²) in [5, 5.41) is 3.50. The van der Waals surface area contributed by atoms with Gasteiger partial charge in [0.25, 0.3) is 0 Å². The molecule has 23 heavy (non-hydrogen) atoms. The third kappa shape index (κ3) is 2.81. The van der Waals surface area contributed by atoms with E-state index in [0.717, 1.165) is 11.9 Å². The van der Waals surface area contributed by atoms with Crippen LogP contribution in [0.3, 0.4) is 0 Å². The van der Waals surface area contributed by atoms with E-state index in [-0.39, 0.29) is 0 Å². The maximum absolute atomic E-state index is 4.44. The van der Waals surface area contributed by atoms with Gasteiger partial charge in [-0.2, -0.15) is 0 Å². The molecule has 0 unspecified atom stereocenters. The Morgan fingerprint density at radius 2 is 1.83 bits per heavy atom. The summed E-state index contributed by atoms with van der Waals surface area (Å²) in [6.07, 6.45) is 10.3. The van der Waals surface area contributed by atoms with Crippen LogP contribution >= 0.6 is 0 Å². The SMILES string of the molecule is C1=CC2=CN=c3ccccc3=CN2C1.c1ccc2[nH]ccc2c1. The van der Waals surface area contributed by atoms with Crippen LogP contribution < -0.4 is 10.6 Å². The first-order chi connectivity index (χ1) is 11.4. The first-order valence-electron chi connectivity index (χ1n) is 7.70. The van der Waals surface area contributed by atoms with E-state index in [1.54, 1.807) is 0 Å². The first-order valence-corrected chi connectivity index (χ1v) is 7.70. The van der Waals surface area contributed by atoms with Crippen molar-refractivity contribution in [3.05, 3.63) is 95.4 Å². The van der Waals surface area contributed by atoms with Crippen LogP contribution in [0.15, 0.2) is 89.8 Å². The fourth-order valence-electron chi connectivity index (χ4n) is 2.75. The minimum absolute atomic E-state index is 0.954. The summed E-state index contributed by atoms with van der Waals surface area (Å²) in [5.41, 5.74) is 2.37. The lowest BCUT2D eigenvalue weighted by molar-refractivity contribution is 0.604. The molecule has 2 aliphatic heterocycles. The highest BCUT2D eigenvalue weighted by Crippen LogP contribution is 2.14. The number of nitrogens with zero attached hydrogens (tertiary/aromatic N) is 2. The maximum Gasteiger partial charge on any atom is 0.0717 e. The highest BCUT2D eigenvalue weighted by atomic mass is 15.1. The van der Waals surface area contributed by atoms with E-state index in [2.05, 4.69) is 57.5 Å². The number of allylic oxidation sites excluding steroid dienone is 1. The van der Waals surface area contributed by atoms with Gasteiger partial charge in [-0.05, 0) is 29.7 Å². The van der Waals surface area contributed by atoms with Crippen LogP contribution in [0.25, 0.3) is 17.1 Å². The van der Waals surface area contributed by atoms with Crippen molar-refractivity contribution in [2.45, 2.75) is 0 Å². The molecule has 5 rings (SSSR count). The summed E-state index contributed by atoms with van der Waals surface area (Å²) in [6.45, 7) is 0.954. The number of nitrogens with one attached hydrogen (secondary N) is 1. The molecule has 112 valence electrons. The molecule has 0 bridgehead atoms. The lowest BCUT2D eigenvalue weighted by Crippen LogP contribution is -2.26. The Kier molecular flexibility index (Phi) is 3.53. The Morgan fingerprint density at radius 3 is 2.78 bits per heavy atom. The van der Waals surface area contributed by atoms with Gasteiger partial charge in [0.2, 0.25) is 0 Å². The predicted octanol–water partition coefficient (Wildman–Crippen LogP) is 2.94. The van der Waals surface area contributed by atoms with Crippen molar-refractivity contribution in [3.63, 3.8) is 0 Å². The van der Waals surface area contributed by atoms with Gasteiger partial charge in [-0.15, -0.1) is 0 Å².